The van der Waals surface area contributed by atoms with Crippen LogP contribution in [-0.2, 0) is 0 Å². The molecule has 1 unspecified atom stereocenters. The van der Waals surface area contributed by atoms with Gasteiger partial charge < -0.3 is 0 Å². The molecule has 0 aliphatic heterocycles. The highest BCUT2D eigenvalue weighted by molar-refractivity contribution is 4.93. The smallest absolute Gasteiger partial charge is 0.0259 e. The van der Waals surface area contributed by atoms with Crippen LogP contribution >= 0.6 is 0 Å². The Kier molecular flexibility index (Phi) is 9.91. The van der Waals surface area contributed by atoms with Gasteiger partial charge in [-0.25, -0.2) is 0 Å². The van der Waals surface area contributed by atoms with E-state index in [1.54, 1.807) is 0 Å². The van der Waals surface area contributed by atoms with Gasteiger partial charge in [0.1, 0.15) is 0 Å². The fraction of sp³-hybridized carbons (Fsp3) is 0.778. The Bertz CT molecular complexity index is 62.4. The lowest BCUT2D eigenvalue weighted by molar-refractivity contribution is 0.701. The molecule has 56 valence electrons. The van der Waals surface area contributed by atoms with Crippen LogP contribution in [0.15, 0.2) is 12.2 Å². The van der Waals surface area contributed by atoms with Crippen LogP contribution < -0.4 is 0 Å². The Morgan fingerprint density at radius 3 is 2.00 bits per heavy atom. The van der Waals surface area contributed by atoms with Gasteiger partial charge >= 0.3 is 0 Å². The van der Waals surface area contributed by atoms with E-state index in [0.29, 0.717) is 0 Å². The zero-order valence-corrected chi connectivity index (χ0v) is 6.15. The second-order valence-corrected chi connectivity index (χ2v) is 1.98. The Labute approximate surface area is 60.0 Å². The number of hydrogen-bond acceptors (Lipinski definition) is 0. The van der Waals surface area contributed by atoms with E-state index in [2.05, 4.69) is 19.1 Å². The molecule has 0 aromatic carbocycles. The lowest BCUT2D eigenvalue weighted by Crippen LogP contribution is -1.76. The van der Waals surface area contributed by atoms with Gasteiger partial charge in [0, 0.05) is 0 Å². The monoisotopic (exact) mass is 128 g/mol. The molecular weight excluding hydrogens is 108 g/mol. The van der Waals surface area contributed by atoms with Crippen molar-refractivity contribution < 1.29 is 0 Å². The van der Waals surface area contributed by atoms with Crippen LogP contribution in [-0.4, -0.2) is 0 Å². The van der Waals surface area contributed by atoms with E-state index in [9.17, 15) is 0 Å². The predicted molar refractivity (Wildman–Crippen MR) is 45.6 cm³/mol. The highest BCUT2D eigenvalue weighted by Crippen LogP contribution is 2.14. The molecule has 0 heterocycles. The molecule has 0 aromatic heterocycles. The fourth-order valence-corrected chi connectivity index (χ4v) is 0.784. The van der Waals surface area contributed by atoms with Crippen molar-refractivity contribution in [3.8, 4) is 0 Å². The molecule has 0 radical (unpaired) electrons. The summed E-state index contributed by atoms with van der Waals surface area (Å²) in [4.78, 5) is 0. The Balaban J connectivity index is 0. The van der Waals surface area contributed by atoms with Gasteiger partial charge in [-0.05, 0) is 18.8 Å². The van der Waals surface area contributed by atoms with Crippen molar-refractivity contribution >= 4 is 0 Å². The van der Waals surface area contributed by atoms with Crippen molar-refractivity contribution in [3.05, 3.63) is 12.2 Å². The SMILES string of the molecule is C.CC.CC1C=CCC1. The highest BCUT2D eigenvalue weighted by Gasteiger charge is 1.98. The van der Waals surface area contributed by atoms with Crippen molar-refractivity contribution in [3.63, 3.8) is 0 Å². The molecule has 0 heteroatoms. The van der Waals surface area contributed by atoms with Crippen LogP contribution in [0.2, 0.25) is 0 Å². The molecule has 9 heavy (non-hydrogen) atoms. The number of rotatable bonds is 0. The van der Waals surface area contributed by atoms with E-state index in [-0.39, 0.29) is 7.43 Å². The van der Waals surface area contributed by atoms with E-state index in [0.717, 1.165) is 5.92 Å². The fourth-order valence-electron chi connectivity index (χ4n) is 0.784. The average molecular weight is 128 g/mol. The van der Waals surface area contributed by atoms with E-state index in [1.807, 2.05) is 13.8 Å². The molecule has 0 N–H and O–H groups in total. The van der Waals surface area contributed by atoms with Crippen molar-refractivity contribution in [2.45, 2.75) is 41.0 Å². The zero-order chi connectivity index (χ0) is 6.41. The van der Waals surface area contributed by atoms with Crippen molar-refractivity contribution in [1.82, 2.24) is 0 Å². The molecule has 0 saturated carbocycles. The summed E-state index contributed by atoms with van der Waals surface area (Å²) < 4.78 is 0. The molecule has 1 rings (SSSR count). The van der Waals surface area contributed by atoms with Crippen molar-refractivity contribution in [2.24, 2.45) is 5.92 Å². The normalized spacial score (nSPS) is 21.9. The van der Waals surface area contributed by atoms with Crippen LogP contribution in [0.1, 0.15) is 41.0 Å². The minimum atomic E-state index is 0. The summed E-state index contributed by atoms with van der Waals surface area (Å²) in [6.07, 6.45) is 7.21. The second-order valence-electron chi connectivity index (χ2n) is 1.98. The maximum absolute atomic E-state index is 2.28. The third-order valence-corrected chi connectivity index (χ3v) is 1.25. The Morgan fingerprint density at radius 2 is 1.89 bits per heavy atom. The zero-order valence-electron chi connectivity index (χ0n) is 6.15. The van der Waals surface area contributed by atoms with E-state index in [4.69, 9.17) is 0 Å². The van der Waals surface area contributed by atoms with Crippen LogP contribution in [0.3, 0.4) is 0 Å². The predicted octanol–water partition coefficient (Wildman–Crippen LogP) is 3.63. The molecule has 1 atom stereocenters. The summed E-state index contributed by atoms with van der Waals surface area (Å²) in [5, 5.41) is 0. The maximum atomic E-state index is 2.28. The molecule has 1 aliphatic rings. The first-order valence-electron chi connectivity index (χ1n) is 3.56. The van der Waals surface area contributed by atoms with Gasteiger partial charge in [0.25, 0.3) is 0 Å². The van der Waals surface area contributed by atoms with Gasteiger partial charge in [-0.2, -0.15) is 0 Å². The van der Waals surface area contributed by atoms with Gasteiger partial charge in [0.15, 0.2) is 0 Å². The van der Waals surface area contributed by atoms with Crippen molar-refractivity contribution in [1.29, 1.82) is 0 Å². The summed E-state index contributed by atoms with van der Waals surface area (Å²) in [5.41, 5.74) is 0. The van der Waals surface area contributed by atoms with E-state index < -0.39 is 0 Å². The molecule has 0 saturated heterocycles. The standard InChI is InChI=1S/C6H10.C2H6.CH4/c1-6-4-2-3-5-6;1-2;/h2,4,6H,3,5H2,1H3;1-2H3;1H4. The number of allylic oxidation sites excluding steroid dienone is 2. The first kappa shape index (κ1) is 11.5. The van der Waals surface area contributed by atoms with Gasteiger partial charge in [-0.3, -0.25) is 0 Å². The van der Waals surface area contributed by atoms with Gasteiger partial charge in [-0.15, -0.1) is 0 Å². The second kappa shape index (κ2) is 7.74. The first-order chi connectivity index (χ1) is 3.89. The quantitative estimate of drug-likeness (QED) is 0.437. The maximum Gasteiger partial charge on any atom is -0.0259 e. The van der Waals surface area contributed by atoms with E-state index >= 15 is 0 Å². The Hall–Kier alpha value is -0.260. The summed E-state index contributed by atoms with van der Waals surface area (Å²) in [6.45, 7) is 6.25. The molecular formula is C9H20. The molecule has 0 aromatic rings. The van der Waals surface area contributed by atoms with Crippen LogP contribution in [0.25, 0.3) is 0 Å². The first-order valence-corrected chi connectivity index (χ1v) is 3.56. The molecule has 1 aliphatic carbocycles. The van der Waals surface area contributed by atoms with Gasteiger partial charge in [-0.1, -0.05) is 40.3 Å². The minimum Gasteiger partial charge on any atom is -0.0882 e. The summed E-state index contributed by atoms with van der Waals surface area (Å²) in [7, 11) is 0. The molecule has 0 bridgehead atoms. The van der Waals surface area contributed by atoms with Gasteiger partial charge in [0.2, 0.25) is 0 Å². The number of hydrogen-bond donors (Lipinski definition) is 0. The summed E-state index contributed by atoms with van der Waals surface area (Å²) in [6, 6.07) is 0. The summed E-state index contributed by atoms with van der Waals surface area (Å²) in [5.74, 6) is 0.866. The minimum absolute atomic E-state index is 0. The lowest BCUT2D eigenvalue weighted by Gasteiger charge is -1.89. The van der Waals surface area contributed by atoms with Gasteiger partial charge in [0.05, 0.1) is 0 Å². The van der Waals surface area contributed by atoms with Crippen LogP contribution in [0.5, 0.6) is 0 Å². The highest BCUT2D eigenvalue weighted by atomic mass is 14.0. The Morgan fingerprint density at radius 1 is 1.33 bits per heavy atom. The van der Waals surface area contributed by atoms with E-state index in [1.165, 1.54) is 12.8 Å². The van der Waals surface area contributed by atoms with Crippen LogP contribution in [0.4, 0.5) is 0 Å². The average Bonchev–Trinajstić information content (AvgIpc) is 2.24. The third-order valence-electron chi connectivity index (χ3n) is 1.25. The topological polar surface area (TPSA) is 0 Å². The molecule has 0 nitrogen and oxygen atoms in total. The largest absolute Gasteiger partial charge is 0.0882 e. The molecule has 0 spiro atoms. The molecule has 0 amide bonds. The van der Waals surface area contributed by atoms with Crippen molar-refractivity contribution in [2.75, 3.05) is 0 Å². The van der Waals surface area contributed by atoms with Crippen LogP contribution in [0, 0.1) is 5.92 Å². The summed E-state index contributed by atoms with van der Waals surface area (Å²) >= 11 is 0. The molecule has 0 fully saturated rings. The third kappa shape index (κ3) is 5.61. The lowest BCUT2D eigenvalue weighted by atomic mass is 10.2.